The Labute approximate surface area is 203 Å². The van der Waals surface area contributed by atoms with Gasteiger partial charge in [-0.25, -0.2) is 0 Å². The van der Waals surface area contributed by atoms with Gasteiger partial charge in [0, 0.05) is 29.1 Å². The fourth-order valence-corrected chi connectivity index (χ4v) is 5.10. The van der Waals surface area contributed by atoms with Crippen LogP contribution in [0.15, 0.2) is 84.8 Å². The highest BCUT2D eigenvalue weighted by molar-refractivity contribution is 7.10. The molecule has 6 heteroatoms. The summed E-state index contributed by atoms with van der Waals surface area (Å²) in [5, 5.41) is 2.73. The maximum atomic E-state index is 13.5. The van der Waals surface area contributed by atoms with E-state index in [0.717, 1.165) is 23.1 Å². The number of carbonyl (C=O) groups excluding carboxylic acids is 2. The van der Waals surface area contributed by atoms with Gasteiger partial charge in [-0.1, -0.05) is 60.1 Å². The summed E-state index contributed by atoms with van der Waals surface area (Å²) in [6.07, 6.45) is 5.73. The van der Waals surface area contributed by atoms with Crippen LogP contribution in [-0.4, -0.2) is 41.2 Å². The molecular weight excluding hydrogens is 452 g/mol. The Morgan fingerprint density at radius 3 is 2.61 bits per heavy atom. The number of benzene rings is 2. The smallest absolute Gasteiger partial charge is 0.247 e. The van der Waals surface area contributed by atoms with Crippen LogP contribution in [-0.2, 0) is 16.0 Å². The first kappa shape index (κ1) is 23.0. The predicted octanol–water partition coefficient (Wildman–Crippen LogP) is 5.60. The summed E-state index contributed by atoms with van der Waals surface area (Å²) in [5.74, 6) is -0.307. The zero-order chi connectivity index (χ0) is 23.2. The fourth-order valence-electron chi connectivity index (χ4n) is 4.07. The summed E-state index contributed by atoms with van der Waals surface area (Å²) in [5.41, 5.74) is 3.09. The lowest BCUT2D eigenvalue weighted by atomic mass is 9.93. The number of thiophene rings is 1. The van der Waals surface area contributed by atoms with Crippen molar-refractivity contribution in [2.24, 2.45) is 0 Å². The monoisotopic (exact) mass is 476 g/mol. The minimum absolute atomic E-state index is 0.00641. The van der Waals surface area contributed by atoms with Crippen molar-refractivity contribution in [1.29, 1.82) is 0 Å². The van der Waals surface area contributed by atoms with E-state index in [0.29, 0.717) is 18.1 Å². The van der Waals surface area contributed by atoms with Crippen molar-refractivity contribution in [3.05, 3.63) is 111 Å². The molecular formula is C27H25ClN2O2S. The third kappa shape index (κ3) is 5.44. The number of hydrogen-bond acceptors (Lipinski definition) is 3. The lowest BCUT2D eigenvalue weighted by Gasteiger charge is -2.37. The normalized spacial score (nSPS) is 15.3. The quantitative estimate of drug-likeness (QED) is 0.329. The van der Waals surface area contributed by atoms with E-state index in [9.17, 15) is 9.59 Å². The third-order valence-corrected chi connectivity index (χ3v) is 6.93. The fraction of sp³-hybridized carbons (Fsp3) is 0.185. The Bertz CT molecular complexity index is 1150. The summed E-state index contributed by atoms with van der Waals surface area (Å²) in [6, 6.07) is 19.2. The molecule has 0 fully saturated rings. The van der Waals surface area contributed by atoms with Gasteiger partial charge in [0.1, 0.15) is 6.54 Å². The van der Waals surface area contributed by atoms with Gasteiger partial charge < -0.3 is 9.80 Å². The Morgan fingerprint density at radius 1 is 1.12 bits per heavy atom. The van der Waals surface area contributed by atoms with Crippen molar-refractivity contribution < 1.29 is 9.59 Å². The molecule has 1 aromatic heterocycles. The van der Waals surface area contributed by atoms with Gasteiger partial charge in [0.15, 0.2) is 0 Å². The second-order valence-corrected chi connectivity index (χ2v) is 9.28. The van der Waals surface area contributed by atoms with Gasteiger partial charge in [-0.05, 0) is 52.8 Å². The molecule has 0 N–H and O–H groups in total. The lowest BCUT2D eigenvalue weighted by molar-refractivity contribution is -0.139. The van der Waals surface area contributed by atoms with Crippen LogP contribution in [0.1, 0.15) is 27.6 Å². The maximum Gasteiger partial charge on any atom is 0.247 e. The molecule has 4 rings (SSSR count). The average molecular weight is 477 g/mol. The summed E-state index contributed by atoms with van der Waals surface area (Å²) in [7, 11) is 0. The van der Waals surface area contributed by atoms with Gasteiger partial charge in [0.25, 0.3) is 0 Å². The topological polar surface area (TPSA) is 40.6 Å². The summed E-state index contributed by atoms with van der Waals surface area (Å²) < 4.78 is 0. The van der Waals surface area contributed by atoms with Gasteiger partial charge in [-0.2, -0.15) is 0 Å². The summed E-state index contributed by atoms with van der Waals surface area (Å²) in [4.78, 5) is 31.1. The second kappa shape index (κ2) is 10.6. The number of hydrogen-bond donors (Lipinski definition) is 0. The molecule has 2 heterocycles. The van der Waals surface area contributed by atoms with Crippen LogP contribution in [0.2, 0.25) is 5.02 Å². The van der Waals surface area contributed by atoms with Gasteiger partial charge in [0.05, 0.1) is 6.04 Å². The number of carbonyl (C=O) groups is 2. The van der Waals surface area contributed by atoms with E-state index < -0.39 is 0 Å². The molecule has 0 saturated carbocycles. The van der Waals surface area contributed by atoms with Crippen molar-refractivity contribution >= 4 is 40.8 Å². The van der Waals surface area contributed by atoms with Crippen LogP contribution in [0.3, 0.4) is 0 Å². The first-order chi connectivity index (χ1) is 16.1. The highest BCUT2D eigenvalue weighted by Gasteiger charge is 2.33. The maximum absolute atomic E-state index is 13.5. The van der Waals surface area contributed by atoms with Crippen molar-refractivity contribution in [2.45, 2.75) is 12.5 Å². The molecule has 0 bridgehead atoms. The molecule has 1 aliphatic rings. The number of rotatable bonds is 7. The highest BCUT2D eigenvalue weighted by atomic mass is 35.5. The molecule has 1 unspecified atom stereocenters. The van der Waals surface area contributed by atoms with Crippen molar-refractivity contribution in [3.8, 4) is 0 Å². The van der Waals surface area contributed by atoms with Crippen LogP contribution in [0.25, 0.3) is 6.08 Å². The minimum Gasteiger partial charge on any atom is -0.330 e. The minimum atomic E-state index is -0.219. The van der Waals surface area contributed by atoms with Crippen LogP contribution < -0.4 is 0 Å². The molecule has 1 aliphatic heterocycles. The van der Waals surface area contributed by atoms with Gasteiger partial charge in [-0.3, -0.25) is 9.59 Å². The van der Waals surface area contributed by atoms with E-state index in [4.69, 9.17) is 11.6 Å². The number of amides is 2. The standard InChI is InChI=1S/C27H25ClN2O2S/c1-2-16-29(25(31)13-8-20-6-4-3-5-7-20)19-26(32)30-17-14-24-23(15-18-33-24)27(30)21-9-11-22(28)12-10-21/h2-13,15,18,27H,1,14,16-17,19H2. The lowest BCUT2D eigenvalue weighted by Crippen LogP contribution is -2.46. The molecule has 2 aromatic carbocycles. The molecule has 0 saturated heterocycles. The first-order valence-corrected chi connectivity index (χ1v) is 12.1. The Kier molecular flexibility index (Phi) is 7.43. The summed E-state index contributed by atoms with van der Waals surface area (Å²) in [6.45, 7) is 4.66. The Hall–Kier alpha value is -3.15. The third-order valence-electron chi connectivity index (χ3n) is 5.68. The van der Waals surface area contributed by atoms with Crippen LogP contribution in [0.5, 0.6) is 0 Å². The average Bonchev–Trinajstić information content (AvgIpc) is 3.32. The van der Waals surface area contributed by atoms with Gasteiger partial charge in [-0.15, -0.1) is 17.9 Å². The van der Waals surface area contributed by atoms with Gasteiger partial charge >= 0.3 is 0 Å². The van der Waals surface area contributed by atoms with E-state index in [1.165, 1.54) is 15.9 Å². The zero-order valence-electron chi connectivity index (χ0n) is 18.2. The zero-order valence-corrected chi connectivity index (χ0v) is 19.8. The van der Waals surface area contributed by atoms with Crippen molar-refractivity contribution in [3.63, 3.8) is 0 Å². The molecule has 0 radical (unpaired) electrons. The molecule has 1 atom stereocenters. The molecule has 0 aliphatic carbocycles. The van der Waals surface area contributed by atoms with E-state index in [1.807, 2.05) is 59.5 Å². The SMILES string of the molecule is C=CCN(CC(=O)N1CCc2sccc2C1c1ccc(Cl)cc1)C(=O)C=Cc1ccccc1. The van der Waals surface area contributed by atoms with Crippen LogP contribution >= 0.6 is 22.9 Å². The molecule has 3 aromatic rings. The molecule has 4 nitrogen and oxygen atoms in total. The molecule has 168 valence electrons. The van der Waals surface area contributed by atoms with Crippen LogP contribution in [0, 0.1) is 0 Å². The molecule has 2 amide bonds. The van der Waals surface area contributed by atoms with E-state index >= 15 is 0 Å². The first-order valence-electron chi connectivity index (χ1n) is 10.8. The molecule has 0 spiro atoms. The van der Waals surface area contributed by atoms with E-state index in [2.05, 4.69) is 18.0 Å². The number of halogens is 1. The van der Waals surface area contributed by atoms with Crippen molar-refractivity contribution in [2.75, 3.05) is 19.6 Å². The Balaban J connectivity index is 1.55. The largest absolute Gasteiger partial charge is 0.330 e. The highest BCUT2D eigenvalue weighted by Crippen LogP contribution is 2.38. The molecule has 33 heavy (non-hydrogen) atoms. The Morgan fingerprint density at radius 2 is 1.88 bits per heavy atom. The van der Waals surface area contributed by atoms with E-state index in [-0.39, 0.29) is 24.4 Å². The number of nitrogens with zero attached hydrogens (tertiary/aromatic N) is 2. The number of fused-ring (bicyclic) bond motifs is 1. The predicted molar refractivity (Wildman–Crippen MR) is 135 cm³/mol. The van der Waals surface area contributed by atoms with Crippen molar-refractivity contribution in [1.82, 2.24) is 9.80 Å². The van der Waals surface area contributed by atoms with E-state index in [1.54, 1.807) is 23.5 Å². The van der Waals surface area contributed by atoms with Crippen LogP contribution in [0.4, 0.5) is 0 Å². The second-order valence-electron chi connectivity index (χ2n) is 7.84. The summed E-state index contributed by atoms with van der Waals surface area (Å²) >= 11 is 7.82. The van der Waals surface area contributed by atoms with Gasteiger partial charge in [0.2, 0.25) is 11.8 Å².